The van der Waals surface area contributed by atoms with Crippen molar-refractivity contribution in [3.05, 3.63) is 226 Å². The van der Waals surface area contributed by atoms with Gasteiger partial charge >= 0.3 is 40.5 Å². The number of Topliss-reactive ketones (excluding diaryl/α,β-unsaturated/α-hetero) is 4. The average Bonchev–Trinajstić information content (AvgIpc) is 1.50. The van der Waals surface area contributed by atoms with E-state index in [0.717, 1.165) is 99.3 Å². The van der Waals surface area contributed by atoms with E-state index in [1.807, 2.05) is 27.7 Å². The lowest BCUT2D eigenvalue weighted by molar-refractivity contribution is 0.0865. The molecule has 0 unspecified atom stereocenters. The van der Waals surface area contributed by atoms with Crippen LogP contribution in [0.15, 0.2) is 201 Å². The molecule has 8 saturated carbocycles. The molecular weight excluding hydrogens is 2030 g/mol. The summed E-state index contributed by atoms with van der Waals surface area (Å²) >= 11 is 27.2. The Balaban J connectivity index is 0.000000131. The summed E-state index contributed by atoms with van der Waals surface area (Å²) in [4.78, 5) is 53.5. The number of rotatable bonds is 20. The van der Waals surface area contributed by atoms with Gasteiger partial charge in [0, 0.05) is 41.6 Å². The SMILES string of the molecule is Cc1ccc(S(=O)(=O)Oc2c(Br)cc(Br)cc2C(=O)[C@H]2C[C@@H]3CC[C@H]2C3)cc1.Cc1ccc(S(=O)(=O)Oc2c(Br)cc(Br)cc2C(=O)[C@H]2C[C@@H]3CC[C@H]2C3)cc1.Cc1ccc(S(=O)(=O)Oc2c(Br)cc(Br)cc2C(=O)[C@H]2C[C@@H]3CC[C@H]2C3)cc1.Cc1ccc(S(=O)(=O)Oc2c(Br)cc(Br)cc2C(=O)[C@H]2C[C@@H]3CC[C@H]2C3)cc1. The van der Waals surface area contributed by atoms with Gasteiger partial charge < -0.3 is 16.7 Å². The number of hydrogen-bond acceptors (Lipinski definition) is 16. The molecule has 0 aliphatic heterocycles. The van der Waals surface area contributed by atoms with Crippen molar-refractivity contribution in [1.82, 2.24) is 0 Å². The normalized spacial score (nSPS) is 23.8. The molecule has 8 aromatic rings. The zero-order valence-electron chi connectivity index (χ0n) is 61.3. The minimum absolute atomic E-state index is 0.0247. The second-order valence-corrected chi connectivity index (χ2v) is 44.3. The first-order chi connectivity index (χ1) is 53.0. The molecule has 0 radical (unpaired) electrons. The topological polar surface area (TPSA) is 242 Å². The van der Waals surface area contributed by atoms with Crippen LogP contribution in [0.3, 0.4) is 0 Å². The van der Waals surface area contributed by atoms with E-state index in [1.165, 1.54) is 74.2 Å². The summed E-state index contributed by atoms with van der Waals surface area (Å²) in [5.74, 6) is 4.04. The Labute approximate surface area is 722 Å². The summed E-state index contributed by atoms with van der Waals surface area (Å²) in [5.41, 5.74) is 5.08. The van der Waals surface area contributed by atoms with Gasteiger partial charge in [0.2, 0.25) is 0 Å². The summed E-state index contributed by atoms with van der Waals surface area (Å²) in [6.45, 7) is 7.53. The van der Waals surface area contributed by atoms with Crippen LogP contribution in [0.4, 0.5) is 0 Å². The van der Waals surface area contributed by atoms with E-state index in [1.54, 1.807) is 97.1 Å². The molecular formula is C84H80Br8O16S4. The van der Waals surface area contributed by atoms with Gasteiger partial charge in [0.05, 0.1) is 40.1 Å². The van der Waals surface area contributed by atoms with Crippen LogP contribution >= 0.6 is 127 Å². The molecule has 0 aromatic heterocycles. The third kappa shape index (κ3) is 19.3. The Bertz CT molecular complexity index is 4800. The van der Waals surface area contributed by atoms with Crippen molar-refractivity contribution < 1.29 is 69.6 Å². The Hall–Kier alpha value is -4.72. The molecule has 0 saturated heterocycles. The quantitative estimate of drug-likeness (QED) is 0.0509. The number of benzene rings is 8. The first kappa shape index (κ1) is 85.2. The minimum atomic E-state index is -4.05. The molecule has 16 rings (SSSR count). The molecule has 592 valence electrons. The highest BCUT2D eigenvalue weighted by Crippen LogP contribution is 2.55. The Morgan fingerprint density at radius 1 is 0.268 bits per heavy atom. The third-order valence-electron chi connectivity index (χ3n) is 23.4. The second-order valence-electron chi connectivity index (χ2n) is 31.0. The van der Waals surface area contributed by atoms with Crippen LogP contribution in [0.1, 0.15) is 166 Å². The Morgan fingerprint density at radius 3 is 0.598 bits per heavy atom. The van der Waals surface area contributed by atoms with Crippen molar-refractivity contribution in [1.29, 1.82) is 0 Å². The van der Waals surface area contributed by atoms with Gasteiger partial charge in [-0.3, -0.25) is 19.2 Å². The smallest absolute Gasteiger partial charge is 0.339 e. The highest BCUT2D eigenvalue weighted by molar-refractivity contribution is 9.12. The molecule has 0 heterocycles. The molecule has 112 heavy (non-hydrogen) atoms. The number of aryl methyl sites for hydroxylation is 4. The molecule has 28 heteroatoms. The summed E-state index contributed by atoms with van der Waals surface area (Å²) in [6, 6.07) is 39.2. The van der Waals surface area contributed by atoms with Gasteiger partial charge in [-0.25, -0.2) is 0 Å². The molecule has 0 spiro atoms. The van der Waals surface area contributed by atoms with Crippen LogP contribution in [0, 0.1) is 98.7 Å². The highest BCUT2D eigenvalue weighted by atomic mass is 79.9. The lowest BCUT2D eigenvalue weighted by atomic mass is 9.83. The van der Waals surface area contributed by atoms with Crippen molar-refractivity contribution in [2.75, 3.05) is 0 Å². The number of ketones is 4. The minimum Gasteiger partial charge on any atom is -0.377 e. The summed E-state index contributed by atoms with van der Waals surface area (Å²) in [7, 11) is -16.2. The van der Waals surface area contributed by atoms with E-state index in [0.29, 0.717) is 105 Å². The van der Waals surface area contributed by atoms with Crippen LogP contribution in [-0.4, -0.2) is 56.8 Å². The molecule has 8 aliphatic rings. The maximum atomic E-state index is 13.3. The van der Waals surface area contributed by atoms with Crippen LogP contribution in [0.25, 0.3) is 0 Å². The number of carbonyl (C=O) groups excluding carboxylic acids is 4. The van der Waals surface area contributed by atoms with E-state index in [4.69, 9.17) is 16.7 Å². The second kappa shape index (κ2) is 35.1. The largest absolute Gasteiger partial charge is 0.377 e. The van der Waals surface area contributed by atoms with Gasteiger partial charge in [-0.15, -0.1) is 0 Å². The molecule has 8 aliphatic carbocycles. The monoisotopic (exact) mass is 2100 g/mol. The van der Waals surface area contributed by atoms with Gasteiger partial charge in [-0.05, 0) is 313 Å². The summed E-state index contributed by atoms with van der Waals surface area (Å²) in [6.07, 6.45) is 17.0. The van der Waals surface area contributed by atoms with Gasteiger partial charge in [-0.1, -0.05) is 160 Å². The van der Waals surface area contributed by atoms with E-state index in [-0.39, 0.29) is 89.4 Å². The molecule has 0 N–H and O–H groups in total. The third-order valence-corrected chi connectivity index (χ3v) is 32.5. The first-order valence-electron chi connectivity index (χ1n) is 37.2. The van der Waals surface area contributed by atoms with Crippen LogP contribution in [0.2, 0.25) is 0 Å². The molecule has 8 bridgehead atoms. The molecule has 12 atom stereocenters. The molecule has 8 aromatic carbocycles. The van der Waals surface area contributed by atoms with Crippen LogP contribution < -0.4 is 16.7 Å². The highest BCUT2D eigenvalue weighted by Gasteiger charge is 2.48. The number of halogens is 8. The van der Waals surface area contributed by atoms with Gasteiger partial charge in [-0.2, -0.15) is 33.7 Å². The van der Waals surface area contributed by atoms with Gasteiger partial charge in [0.1, 0.15) is 19.6 Å². The van der Waals surface area contributed by atoms with E-state index < -0.39 is 40.5 Å². The van der Waals surface area contributed by atoms with Crippen molar-refractivity contribution in [2.24, 2.45) is 71.0 Å². The fourth-order valence-electron chi connectivity index (χ4n) is 17.8. The average molecular weight is 2110 g/mol. The van der Waals surface area contributed by atoms with Gasteiger partial charge in [0.25, 0.3) is 0 Å². The van der Waals surface area contributed by atoms with Crippen molar-refractivity contribution in [3.63, 3.8) is 0 Å². The predicted octanol–water partition coefficient (Wildman–Crippen LogP) is 23.6. The Kier molecular flexibility index (Phi) is 26.7. The zero-order chi connectivity index (χ0) is 80.2. The number of carbonyl (C=O) groups is 4. The maximum absolute atomic E-state index is 13.3. The molecule has 16 nitrogen and oxygen atoms in total. The fourth-order valence-corrected chi connectivity index (χ4v) is 27.3. The lowest BCUT2D eigenvalue weighted by Crippen LogP contribution is -2.22. The number of hydrogen-bond donors (Lipinski definition) is 0. The standard InChI is InChI=1S/4C21H20Br2O4S/c4*1-12-2-6-16(7-3-12)28(25,26)27-21-18(10-15(22)11-19(21)23)20(24)17-9-13-4-5-14(17)8-13/h4*2-3,6-7,10-11,13-14,17H,4-5,8-9H2,1H3/t4*13-,14+,17+/m1111/s1. The molecule has 8 fully saturated rings. The van der Waals surface area contributed by atoms with Crippen LogP contribution in [-0.2, 0) is 40.5 Å². The van der Waals surface area contributed by atoms with E-state index >= 15 is 0 Å². The summed E-state index contributed by atoms with van der Waals surface area (Å²) < 4.78 is 129. The van der Waals surface area contributed by atoms with Crippen LogP contribution in [0.5, 0.6) is 23.0 Å². The van der Waals surface area contributed by atoms with Gasteiger partial charge in [0.15, 0.2) is 46.1 Å². The fraction of sp³-hybridized carbons (Fsp3) is 0.381. The summed E-state index contributed by atoms with van der Waals surface area (Å²) in [5, 5.41) is 0. The van der Waals surface area contributed by atoms with Crippen molar-refractivity contribution in [3.8, 4) is 23.0 Å². The first-order valence-corrected chi connectivity index (χ1v) is 49.1. The number of fused-ring (bicyclic) bond motifs is 8. The molecule has 0 amide bonds. The zero-order valence-corrected chi connectivity index (χ0v) is 77.2. The Morgan fingerprint density at radius 2 is 0.446 bits per heavy atom. The van der Waals surface area contributed by atoms with E-state index in [9.17, 15) is 52.8 Å². The van der Waals surface area contributed by atoms with Crippen molar-refractivity contribution >= 4 is 191 Å². The van der Waals surface area contributed by atoms with Crippen molar-refractivity contribution in [2.45, 2.75) is 150 Å². The predicted molar refractivity (Wildman–Crippen MR) is 456 cm³/mol. The maximum Gasteiger partial charge on any atom is 0.339 e. The van der Waals surface area contributed by atoms with E-state index in [2.05, 4.69) is 127 Å². The lowest BCUT2D eigenvalue weighted by Gasteiger charge is -2.22.